The van der Waals surface area contributed by atoms with Crippen molar-refractivity contribution in [3.8, 4) is 10.4 Å². The molecular formula is C18H16F3N3OS2. The van der Waals surface area contributed by atoms with Crippen LogP contribution in [0.5, 0.6) is 0 Å². The Hall–Kier alpha value is -2.39. The van der Waals surface area contributed by atoms with Gasteiger partial charge in [-0.05, 0) is 18.6 Å². The van der Waals surface area contributed by atoms with E-state index in [0.717, 1.165) is 22.7 Å². The zero-order chi connectivity index (χ0) is 19.7. The van der Waals surface area contributed by atoms with E-state index in [-0.39, 0.29) is 0 Å². The molecule has 1 unspecified atom stereocenters. The van der Waals surface area contributed by atoms with Crippen LogP contribution >= 0.6 is 11.3 Å². The Kier molecular flexibility index (Phi) is 5.25. The molecule has 9 heteroatoms. The Morgan fingerprint density at radius 3 is 2.37 bits per heavy atom. The van der Waals surface area contributed by atoms with Gasteiger partial charge in [0.2, 0.25) is 0 Å². The SMILES string of the molecule is CC(c1ccc(C(F)(F)F)nc1)=S(C)(=O)Nc1ncc(-c2ccccc2)s1. The lowest BCUT2D eigenvalue weighted by molar-refractivity contribution is -0.141. The van der Waals surface area contributed by atoms with Crippen molar-refractivity contribution >= 4 is 31.0 Å². The van der Waals surface area contributed by atoms with E-state index >= 15 is 0 Å². The normalized spacial score (nSPS) is 13.8. The number of thiazole rings is 1. The topological polar surface area (TPSA) is 54.9 Å². The first-order valence-electron chi connectivity index (χ1n) is 7.82. The molecule has 2 heterocycles. The van der Waals surface area contributed by atoms with Crippen molar-refractivity contribution in [2.24, 2.45) is 0 Å². The van der Waals surface area contributed by atoms with Crippen molar-refractivity contribution in [1.29, 1.82) is 0 Å². The van der Waals surface area contributed by atoms with E-state index in [2.05, 4.69) is 14.7 Å². The molecule has 0 spiro atoms. The van der Waals surface area contributed by atoms with Gasteiger partial charge in [0.15, 0.2) is 5.13 Å². The highest BCUT2D eigenvalue weighted by Crippen LogP contribution is 2.30. The molecule has 2 aromatic heterocycles. The van der Waals surface area contributed by atoms with E-state index in [1.165, 1.54) is 23.7 Å². The number of hydrogen-bond donors (Lipinski definition) is 1. The molecule has 1 aromatic carbocycles. The van der Waals surface area contributed by atoms with Crippen LogP contribution in [0.3, 0.4) is 0 Å². The largest absolute Gasteiger partial charge is 0.433 e. The summed E-state index contributed by atoms with van der Waals surface area (Å²) < 4.78 is 53.9. The molecule has 0 amide bonds. The van der Waals surface area contributed by atoms with Gasteiger partial charge in [-0.25, -0.2) is 9.19 Å². The predicted molar refractivity (Wildman–Crippen MR) is 104 cm³/mol. The number of alkyl halides is 3. The third-order valence-electron chi connectivity index (χ3n) is 3.89. The second-order valence-corrected chi connectivity index (χ2v) is 9.36. The third-order valence-corrected chi connectivity index (χ3v) is 6.97. The van der Waals surface area contributed by atoms with Gasteiger partial charge in [0.25, 0.3) is 0 Å². The van der Waals surface area contributed by atoms with Crippen molar-refractivity contribution in [2.45, 2.75) is 13.1 Å². The van der Waals surface area contributed by atoms with Crippen LogP contribution in [0.2, 0.25) is 0 Å². The number of nitrogens with zero attached hydrogens (tertiary/aromatic N) is 2. The number of pyridine rings is 1. The predicted octanol–water partition coefficient (Wildman–Crippen LogP) is 4.71. The maximum Gasteiger partial charge on any atom is 0.433 e. The molecule has 3 aromatic rings. The monoisotopic (exact) mass is 411 g/mol. The number of nitrogens with one attached hydrogen (secondary N) is 1. The molecule has 3 rings (SSSR count). The summed E-state index contributed by atoms with van der Waals surface area (Å²) in [7, 11) is -2.74. The number of rotatable bonds is 4. The molecule has 0 aliphatic rings. The van der Waals surface area contributed by atoms with Crippen LogP contribution in [-0.2, 0) is 15.9 Å². The lowest BCUT2D eigenvalue weighted by Gasteiger charge is -2.12. The molecular weight excluding hydrogens is 395 g/mol. The highest BCUT2D eigenvalue weighted by atomic mass is 32.2. The number of anilines is 1. The maximum atomic E-state index is 13.1. The number of aromatic nitrogens is 2. The molecule has 0 aliphatic heterocycles. The standard InChI is InChI=1S/C18H16F3N3OS2/c1-12(14-8-9-16(22-10-14)18(19,20)21)27(2,25)24-17-23-11-15(26-17)13-6-4-3-5-7-13/h3-11H,1-2H3,(H,23,24,25). The van der Waals surface area contributed by atoms with Gasteiger partial charge in [0, 0.05) is 29.1 Å². The fourth-order valence-electron chi connectivity index (χ4n) is 2.30. The first kappa shape index (κ1) is 19.4. The quantitative estimate of drug-likeness (QED) is 0.500. The average Bonchev–Trinajstić information content (AvgIpc) is 3.09. The number of halogens is 3. The van der Waals surface area contributed by atoms with Crippen LogP contribution in [0.1, 0.15) is 18.2 Å². The van der Waals surface area contributed by atoms with Crippen LogP contribution in [0, 0.1) is 0 Å². The summed E-state index contributed by atoms with van der Waals surface area (Å²) in [5.41, 5.74) is 0.392. The Balaban J connectivity index is 1.87. The van der Waals surface area contributed by atoms with Crippen molar-refractivity contribution < 1.29 is 17.4 Å². The second-order valence-electron chi connectivity index (χ2n) is 5.83. The van der Waals surface area contributed by atoms with E-state index in [4.69, 9.17) is 0 Å². The van der Waals surface area contributed by atoms with Gasteiger partial charge >= 0.3 is 6.18 Å². The Morgan fingerprint density at radius 2 is 1.78 bits per heavy atom. The van der Waals surface area contributed by atoms with E-state index in [0.29, 0.717) is 15.6 Å². The van der Waals surface area contributed by atoms with Crippen molar-refractivity contribution in [3.63, 3.8) is 0 Å². The van der Waals surface area contributed by atoms with Crippen molar-refractivity contribution in [2.75, 3.05) is 11.0 Å². The molecule has 0 saturated carbocycles. The summed E-state index contributed by atoms with van der Waals surface area (Å²) in [6.45, 7) is 1.60. The van der Waals surface area contributed by atoms with Crippen LogP contribution in [0.15, 0.2) is 54.9 Å². The molecule has 0 aliphatic carbocycles. The molecule has 0 saturated heterocycles. The van der Waals surface area contributed by atoms with E-state index in [1.54, 1.807) is 13.1 Å². The summed E-state index contributed by atoms with van der Waals surface area (Å²) in [4.78, 5) is 9.00. The lowest BCUT2D eigenvalue weighted by Crippen LogP contribution is -2.20. The molecule has 0 radical (unpaired) electrons. The van der Waals surface area contributed by atoms with E-state index in [9.17, 15) is 17.4 Å². The molecule has 1 atom stereocenters. The second kappa shape index (κ2) is 7.32. The fourth-order valence-corrected chi connectivity index (χ4v) is 4.72. The first-order chi connectivity index (χ1) is 12.7. The summed E-state index contributed by atoms with van der Waals surface area (Å²) in [6.07, 6.45) is -0.246. The van der Waals surface area contributed by atoms with Crippen LogP contribution in [-0.4, -0.2) is 25.3 Å². The van der Waals surface area contributed by atoms with Gasteiger partial charge in [-0.2, -0.15) is 13.2 Å². The van der Waals surface area contributed by atoms with Crippen molar-refractivity contribution in [1.82, 2.24) is 9.97 Å². The third kappa shape index (κ3) is 4.48. The average molecular weight is 411 g/mol. The zero-order valence-corrected chi connectivity index (χ0v) is 16.1. The minimum absolute atomic E-state index is 0.378. The highest BCUT2D eigenvalue weighted by Gasteiger charge is 2.32. The van der Waals surface area contributed by atoms with Crippen LogP contribution in [0.25, 0.3) is 10.4 Å². The minimum Gasteiger partial charge on any atom is -0.288 e. The van der Waals surface area contributed by atoms with Crippen LogP contribution in [0.4, 0.5) is 18.3 Å². The van der Waals surface area contributed by atoms with Gasteiger partial charge in [-0.3, -0.25) is 9.71 Å². The maximum absolute atomic E-state index is 13.1. The Labute approximate surface area is 159 Å². The summed E-state index contributed by atoms with van der Waals surface area (Å²) >= 11 is 1.35. The minimum atomic E-state index is -4.51. The molecule has 4 nitrogen and oxygen atoms in total. The van der Waals surface area contributed by atoms with Gasteiger partial charge in [-0.15, -0.1) is 0 Å². The van der Waals surface area contributed by atoms with Gasteiger partial charge in [0.1, 0.15) is 5.69 Å². The van der Waals surface area contributed by atoms with Gasteiger partial charge in [-0.1, -0.05) is 47.7 Å². The molecule has 0 bridgehead atoms. The summed E-state index contributed by atoms with van der Waals surface area (Å²) in [5.74, 6) is 0. The molecule has 1 N–H and O–H groups in total. The van der Waals surface area contributed by atoms with Gasteiger partial charge < -0.3 is 0 Å². The van der Waals surface area contributed by atoms with Gasteiger partial charge in [0.05, 0.1) is 14.6 Å². The zero-order valence-electron chi connectivity index (χ0n) is 14.4. The van der Waals surface area contributed by atoms with Crippen molar-refractivity contribution in [3.05, 3.63) is 66.1 Å². The first-order valence-corrected chi connectivity index (χ1v) is 10.6. The highest BCUT2D eigenvalue weighted by molar-refractivity contribution is 8.03. The molecule has 0 fully saturated rings. The molecule has 142 valence electrons. The molecule has 27 heavy (non-hydrogen) atoms. The summed E-state index contributed by atoms with van der Waals surface area (Å²) in [5, 5.41) is 0.473. The number of hydrogen-bond acceptors (Lipinski definition) is 4. The number of benzene rings is 1. The van der Waals surface area contributed by atoms with E-state index in [1.807, 2.05) is 30.3 Å². The lowest BCUT2D eigenvalue weighted by atomic mass is 10.2. The summed E-state index contributed by atoms with van der Waals surface area (Å²) in [6, 6.07) is 11.8. The fraction of sp³-hybridized carbons (Fsp3) is 0.167. The smallest absolute Gasteiger partial charge is 0.288 e. The van der Waals surface area contributed by atoms with Crippen LogP contribution < -0.4 is 4.72 Å². The van der Waals surface area contributed by atoms with E-state index < -0.39 is 21.6 Å². The Bertz CT molecular complexity index is 1050. The Morgan fingerprint density at radius 1 is 1.07 bits per heavy atom.